The molecule has 1 amide bonds. The summed E-state index contributed by atoms with van der Waals surface area (Å²) in [5, 5.41) is 4.02. The molecule has 1 aromatic heterocycles. The molecular formula is C16H24N4O. The lowest BCUT2D eigenvalue weighted by Gasteiger charge is -2.11. The van der Waals surface area contributed by atoms with Crippen LogP contribution < -0.4 is 16.8 Å². The molecule has 1 atom stereocenters. The summed E-state index contributed by atoms with van der Waals surface area (Å²) in [6, 6.07) is 7.51. The predicted molar refractivity (Wildman–Crippen MR) is 85.9 cm³/mol. The number of nitrogens with one attached hydrogen (secondary N) is 2. The predicted octanol–water partition coefficient (Wildman–Crippen LogP) is 1.28. The number of unbranched alkanes of at least 4 members (excludes halogenated alkanes) is 2. The Morgan fingerprint density at radius 3 is 2.86 bits per heavy atom. The molecule has 2 aromatic rings. The van der Waals surface area contributed by atoms with E-state index in [1.807, 2.05) is 30.5 Å². The van der Waals surface area contributed by atoms with Gasteiger partial charge in [0.05, 0.1) is 6.04 Å². The first-order valence-electron chi connectivity index (χ1n) is 7.50. The molecule has 1 heterocycles. The Labute approximate surface area is 125 Å². The maximum Gasteiger partial charge on any atom is 0.237 e. The van der Waals surface area contributed by atoms with Crippen molar-refractivity contribution in [3.63, 3.8) is 0 Å². The van der Waals surface area contributed by atoms with Gasteiger partial charge in [-0.1, -0.05) is 24.6 Å². The summed E-state index contributed by atoms with van der Waals surface area (Å²) in [6.45, 7) is 1.37. The Bertz CT molecular complexity index is 578. The van der Waals surface area contributed by atoms with E-state index in [1.165, 1.54) is 0 Å². The van der Waals surface area contributed by atoms with E-state index in [1.54, 1.807) is 0 Å². The Balaban J connectivity index is 1.83. The summed E-state index contributed by atoms with van der Waals surface area (Å²) < 4.78 is 0. The molecule has 5 heteroatoms. The average Bonchev–Trinajstić information content (AvgIpc) is 2.90. The number of aromatic nitrogens is 1. The minimum absolute atomic E-state index is 0.0898. The number of amides is 1. The molecule has 0 unspecified atom stereocenters. The second-order valence-corrected chi connectivity index (χ2v) is 5.31. The summed E-state index contributed by atoms with van der Waals surface area (Å²) in [4.78, 5) is 15.2. The standard InChI is InChI=1S/C16H24N4O/c17-8-4-1-5-9-19-16(21)14(18)10-12-11-20-15-7-3-2-6-13(12)15/h2-3,6-7,11,14,20H,1,4-5,8-10,17-18H2,(H,19,21)/t14-/m0/s1. The first-order valence-corrected chi connectivity index (χ1v) is 7.50. The van der Waals surface area contributed by atoms with Crippen molar-refractivity contribution in [1.29, 1.82) is 0 Å². The van der Waals surface area contributed by atoms with Crippen molar-refractivity contribution in [3.05, 3.63) is 36.0 Å². The Morgan fingerprint density at radius 2 is 2.05 bits per heavy atom. The third-order valence-electron chi connectivity index (χ3n) is 3.63. The monoisotopic (exact) mass is 288 g/mol. The van der Waals surface area contributed by atoms with Gasteiger partial charge in [-0.2, -0.15) is 0 Å². The van der Waals surface area contributed by atoms with Crippen molar-refractivity contribution in [2.45, 2.75) is 31.7 Å². The van der Waals surface area contributed by atoms with E-state index in [0.717, 1.165) is 35.7 Å². The molecule has 0 aliphatic heterocycles. The minimum atomic E-state index is -0.515. The average molecular weight is 288 g/mol. The van der Waals surface area contributed by atoms with Gasteiger partial charge in [-0.15, -0.1) is 0 Å². The number of rotatable bonds is 8. The first kappa shape index (κ1) is 15.5. The maximum atomic E-state index is 12.0. The number of aromatic amines is 1. The van der Waals surface area contributed by atoms with Crippen molar-refractivity contribution < 1.29 is 4.79 Å². The summed E-state index contributed by atoms with van der Waals surface area (Å²) in [6.07, 6.45) is 5.45. The van der Waals surface area contributed by atoms with Crippen molar-refractivity contribution in [1.82, 2.24) is 10.3 Å². The second-order valence-electron chi connectivity index (χ2n) is 5.31. The summed E-state index contributed by atoms with van der Waals surface area (Å²) in [5.41, 5.74) is 13.6. The number of hydrogen-bond donors (Lipinski definition) is 4. The Morgan fingerprint density at radius 1 is 1.24 bits per heavy atom. The molecule has 0 saturated heterocycles. The summed E-state index contributed by atoms with van der Waals surface area (Å²) in [7, 11) is 0. The smallest absolute Gasteiger partial charge is 0.237 e. The van der Waals surface area contributed by atoms with Crippen LogP contribution in [-0.2, 0) is 11.2 Å². The molecule has 0 saturated carbocycles. The molecule has 0 spiro atoms. The van der Waals surface area contributed by atoms with Crippen LogP contribution in [0.15, 0.2) is 30.5 Å². The maximum absolute atomic E-state index is 12.0. The zero-order chi connectivity index (χ0) is 15.1. The van der Waals surface area contributed by atoms with Gasteiger partial charge in [-0.3, -0.25) is 4.79 Å². The van der Waals surface area contributed by atoms with E-state index >= 15 is 0 Å². The van der Waals surface area contributed by atoms with E-state index in [-0.39, 0.29) is 5.91 Å². The molecule has 6 N–H and O–H groups in total. The van der Waals surface area contributed by atoms with Gasteiger partial charge in [-0.25, -0.2) is 0 Å². The fraction of sp³-hybridized carbons (Fsp3) is 0.438. The number of para-hydroxylation sites is 1. The molecule has 0 bridgehead atoms. The van der Waals surface area contributed by atoms with Gasteiger partial charge in [0.15, 0.2) is 0 Å². The number of carbonyl (C=O) groups excluding carboxylic acids is 1. The molecule has 2 rings (SSSR count). The normalized spacial score (nSPS) is 12.5. The molecule has 0 radical (unpaired) electrons. The van der Waals surface area contributed by atoms with Crippen molar-refractivity contribution in [2.75, 3.05) is 13.1 Å². The van der Waals surface area contributed by atoms with Crippen LogP contribution >= 0.6 is 0 Å². The highest BCUT2D eigenvalue weighted by atomic mass is 16.2. The van der Waals surface area contributed by atoms with Gasteiger partial charge < -0.3 is 21.8 Å². The summed E-state index contributed by atoms with van der Waals surface area (Å²) >= 11 is 0. The SMILES string of the molecule is NCCCCCNC(=O)[C@@H](N)Cc1c[nH]c2ccccc12. The number of fused-ring (bicyclic) bond motifs is 1. The van der Waals surface area contributed by atoms with Crippen molar-refractivity contribution in [2.24, 2.45) is 11.5 Å². The van der Waals surface area contributed by atoms with E-state index in [4.69, 9.17) is 11.5 Å². The number of hydrogen-bond acceptors (Lipinski definition) is 3. The largest absolute Gasteiger partial charge is 0.361 e. The highest BCUT2D eigenvalue weighted by molar-refractivity contribution is 5.86. The topological polar surface area (TPSA) is 96.9 Å². The number of nitrogens with two attached hydrogens (primary N) is 2. The fourth-order valence-electron chi connectivity index (χ4n) is 2.42. The first-order chi connectivity index (χ1) is 10.2. The number of benzene rings is 1. The quantitative estimate of drug-likeness (QED) is 0.551. The molecule has 114 valence electrons. The fourth-order valence-corrected chi connectivity index (χ4v) is 2.42. The third kappa shape index (κ3) is 4.31. The van der Waals surface area contributed by atoms with Crippen LogP contribution in [-0.4, -0.2) is 30.0 Å². The van der Waals surface area contributed by atoms with E-state index in [0.29, 0.717) is 19.5 Å². The molecular weight excluding hydrogens is 264 g/mol. The van der Waals surface area contributed by atoms with Gasteiger partial charge in [0.2, 0.25) is 5.91 Å². The van der Waals surface area contributed by atoms with Gasteiger partial charge in [0, 0.05) is 23.6 Å². The zero-order valence-electron chi connectivity index (χ0n) is 12.3. The molecule has 21 heavy (non-hydrogen) atoms. The van der Waals surface area contributed by atoms with Crippen molar-refractivity contribution in [3.8, 4) is 0 Å². The van der Waals surface area contributed by atoms with Crippen LogP contribution in [0.5, 0.6) is 0 Å². The minimum Gasteiger partial charge on any atom is -0.361 e. The van der Waals surface area contributed by atoms with Crippen LogP contribution in [0.3, 0.4) is 0 Å². The van der Waals surface area contributed by atoms with Crippen LogP contribution in [0.2, 0.25) is 0 Å². The molecule has 0 aliphatic carbocycles. The third-order valence-corrected chi connectivity index (χ3v) is 3.63. The van der Waals surface area contributed by atoms with Crippen LogP contribution in [0.25, 0.3) is 10.9 Å². The molecule has 0 aliphatic rings. The lowest BCUT2D eigenvalue weighted by molar-refractivity contribution is -0.122. The lowest BCUT2D eigenvalue weighted by atomic mass is 10.1. The number of carbonyl (C=O) groups is 1. The Kier molecular flexibility index (Phi) is 5.78. The number of H-pyrrole nitrogens is 1. The molecule has 0 fully saturated rings. The van der Waals surface area contributed by atoms with Crippen LogP contribution in [0.4, 0.5) is 0 Å². The van der Waals surface area contributed by atoms with E-state index in [9.17, 15) is 4.79 Å². The highest BCUT2D eigenvalue weighted by Crippen LogP contribution is 2.18. The van der Waals surface area contributed by atoms with Gasteiger partial charge in [-0.05, 0) is 37.4 Å². The van der Waals surface area contributed by atoms with Gasteiger partial charge in [0.1, 0.15) is 0 Å². The van der Waals surface area contributed by atoms with Gasteiger partial charge in [0.25, 0.3) is 0 Å². The van der Waals surface area contributed by atoms with E-state index in [2.05, 4.69) is 10.3 Å². The molecule has 5 nitrogen and oxygen atoms in total. The van der Waals surface area contributed by atoms with Crippen LogP contribution in [0.1, 0.15) is 24.8 Å². The zero-order valence-corrected chi connectivity index (χ0v) is 12.3. The lowest BCUT2D eigenvalue weighted by Crippen LogP contribution is -2.42. The van der Waals surface area contributed by atoms with Crippen LogP contribution in [0, 0.1) is 0 Å². The van der Waals surface area contributed by atoms with Gasteiger partial charge >= 0.3 is 0 Å². The Hall–Kier alpha value is -1.85. The highest BCUT2D eigenvalue weighted by Gasteiger charge is 2.15. The molecule has 1 aromatic carbocycles. The second kappa shape index (κ2) is 7.81. The summed E-state index contributed by atoms with van der Waals surface area (Å²) in [5.74, 6) is -0.0898. The van der Waals surface area contributed by atoms with Crippen molar-refractivity contribution >= 4 is 16.8 Å². The van der Waals surface area contributed by atoms with E-state index < -0.39 is 6.04 Å².